The van der Waals surface area contributed by atoms with Crippen LogP contribution in [-0.2, 0) is 16.1 Å². The molecule has 2 aliphatic rings. The van der Waals surface area contributed by atoms with E-state index in [4.69, 9.17) is 10.5 Å². The van der Waals surface area contributed by atoms with Crippen LogP contribution >= 0.6 is 0 Å². The van der Waals surface area contributed by atoms with Crippen molar-refractivity contribution in [2.45, 2.75) is 83.9 Å². The number of carbonyl (C=O) groups excluding carboxylic acids is 2. The van der Waals surface area contributed by atoms with Gasteiger partial charge in [0.05, 0.1) is 4.92 Å². The topological polar surface area (TPSA) is 174 Å². The van der Waals surface area contributed by atoms with Crippen molar-refractivity contribution in [3.63, 3.8) is 0 Å². The maximum Gasteiger partial charge on any atom is 0.329 e. The molecule has 1 amide bonds. The van der Waals surface area contributed by atoms with Crippen molar-refractivity contribution in [1.29, 1.82) is 0 Å². The number of aromatic nitrogens is 2. The molecule has 0 radical (unpaired) electrons. The number of hydrogen-bond donors (Lipinski definition) is 4. The minimum atomic E-state index is -0.753. The van der Waals surface area contributed by atoms with Crippen LogP contribution in [0.4, 0.5) is 17.5 Å². The van der Waals surface area contributed by atoms with Gasteiger partial charge in [-0.05, 0) is 118 Å². The van der Waals surface area contributed by atoms with Crippen LogP contribution < -0.4 is 21.7 Å². The van der Waals surface area contributed by atoms with Gasteiger partial charge in [0.1, 0.15) is 18.3 Å². The SMILES string of the molecule is Cc1c(CNc2ncc([N+](=O)[O-])c(NCC3CCC(CN)CC3)n2)cccc1-c1cccc(C(=O)N[C@H](C)C(=O)OC2CCCC2)c1. The van der Waals surface area contributed by atoms with Gasteiger partial charge in [0, 0.05) is 18.7 Å². The molecule has 0 bridgehead atoms. The van der Waals surface area contributed by atoms with Crippen molar-refractivity contribution in [3.8, 4) is 11.1 Å². The maximum atomic E-state index is 13.1. The van der Waals surface area contributed by atoms with Gasteiger partial charge < -0.3 is 26.4 Å². The Hall–Kier alpha value is -4.58. The number of nitrogens with two attached hydrogens (primary N) is 1. The highest BCUT2D eigenvalue weighted by molar-refractivity contribution is 5.97. The first kappa shape index (κ1) is 33.8. The number of nitro groups is 1. The fourth-order valence-corrected chi connectivity index (χ4v) is 6.44. The van der Waals surface area contributed by atoms with Crippen molar-refractivity contribution in [2.24, 2.45) is 17.6 Å². The normalized spacial score (nSPS) is 18.7. The van der Waals surface area contributed by atoms with Gasteiger partial charge in [-0.2, -0.15) is 4.98 Å². The molecule has 12 heteroatoms. The highest BCUT2D eigenvalue weighted by atomic mass is 16.6. The third-order valence-electron chi connectivity index (χ3n) is 9.43. The second-order valence-electron chi connectivity index (χ2n) is 12.8. The summed E-state index contributed by atoms with van der Waals surface area (Å²) >= 11 is 0. The van der Waals surface area contributed by atoms with Crippen molar-refractivity contribution in [3.05, 3.63) is 75.5 Å². The highest BCUT2D eigenvalue weighted by Crippen LogP contribution is 2.30. The molecule has 2 saturated carbocycles. The Kier molecular flexibility index (Phi) is 11.4. The number of carbonyl (C=O) groups is 2. The first-order valence-corrected chi connectivity index (χ1v) is 16.6. The molecule has 0 unspecified atom stereocenters. The summed E-state index contributed by atoms with van der Waals surface area (Å²) < 4.78 is 5.55. The van der Waals surface area contributed by atoms with Crippen molar-refractivity contribution in [1.82, 2.24) is 15.3 Å². The number of amides is 1. The molecule has 2 aromatic carbocycles. The summed E-state index contributed by atoms with van der Waals surface area (Å²) in [6.45, 7) is 5.35. The fourth-order valence-electron chi connectivity index (χ4n) is 6.44. The van der Waals surface area contributed by atoms with E-state index in [9.17, 15) is 19.7 Å². The molecule has 1 atom stereocenters. The summed E-state index contributed by atoms with van der Waals surface area (Å²) in [4.78, 5) is 45.4. The third kappa shape index (κ3) is 8.82. The summed E-state index contributed by atoms with van der Waals surface area (Å²) in [6.07, 6.45) is 9.27. The van der Waals surface area contributed by atoms with Gasteiger partial charge in [-0.15, -0.1) is 0 Å². The lowest BCUT2D eigenvalue weighted by Crippen LogP contribution is -2.40. The van der Waals surface area contributed by atoms with Crippen molar-refractivity contribution < 1.29 is 19.2 Å². The number of rotatable bonds is 13. The van der Waals surface area contributed by atoms with E-state index in [1.54, 1.807) is 13.0 Å². The largest absolute Gasteiger partial charge is 0.461 e. The van der Waals surface area contributed by atoms with E-state index in [1.807, 2.05) is 43.3 Å². The molecular weight excluding hydrogens is 598 g/mol. The van der Waals surface area contributed by atoms with Crippen LogP contribution in [0.25, 0.3) is 11.1 Å². The first-order chi connectivity index (χ1) is 22.7. The molecule has 0 saturated heterocycles. The number of nitrogens with one attached hydrogen (secondary N) is 3. The molecule has 0 aliphatic heterocycles. The third-order valence-corrected chi connectivity index (χ3v) is 9.43. The molecule has 47 heavy (non-hydrogen) atoms. The van der Waals surface area contributed by atoms with E-state index in [1.165, 1.54) is 6.20 Å². The number of nitrogens with zero attached hydrogens (tertiary/aromatic N) is 3. The molecule has 1 aromatic heterocycles. The number of esters is 1. The van der Waals surface area contributed by atoms with Gasteiger partial charge in [0.15, 0.2) is 0 Å². The van der Waals surface area contributed by atoms with Gasteiger partial charge in [0.25, 0.3) is 5.91 Å². The number of ether oxygens (including phenoxy) is 1. The Balaban J connectivity index is 1.23. The van der Waals surface area contributed by atoms with Crippen LogP contribution in [-0.4, -0.2) is 52.0 Å². The zero-order chi connectivity index (χ0) is 33.3. The molecule has 250 valence electrons. The number of benzene rings is 2. The lowest BCUT2D eigenvalue weighted by molar-refractivity contribution is -0.384. The Morgan fingerprint density at radius 1 is 1.04 bits per heavy atom. The monoisotopic (exact) mass is 643 g/mol. The molecular formula is C35H45N7O5. The smallest absolute Gasteiger partial charge is 0.329 e. The summed E-state index contributed by atoms with van der Waals surface area (Å²) in [6, 6.07) is 12.5. The van der Waals surface area contributed by atoms with Gasteiger partial charge in [-0.1, -0.05) is 30.3 Å². The van der Waals surface area contributed by atoms with E-state index in [-0.39, 0.29) is 29.5 Å². The van der Waals surface area contributed by atoms with Gasteiger partial charge in [-0.3, -0.25) is 14.9 Å². The van der Waals surface area contributed by atoms with Crippen LogP contribution in [0.3, 0.4) is 0 Å². The quantitative estimate of drug-likeness (QED) is 0.102. The van der Waals surface area contributed by atoms with Gasteiger partial charge in [-0.25, -0.2) is 9.78 Å². The van der Waals surface area contributed by atoms with E-state index in [2.05, 4.69) is 25.9 Å². The molecule has 0 spiro atoms. The summed E-state index contributed by atoms with van der Waals surface area (Å²) in [5, 5.41) is 20.9. The van der Waals surface area contributed by atoms with Gasteiger partial charge in [0.2, 0.25) is 11.8 Å². The van der Waals surface area contributed by atoms with Crippen LogP contribution in [0, 0.1) is 28.9 Å². The Bertz CT molecular complexity index is 1570. The first-order valence-electron chi connectivity index (χ1n) is 16.6. The van der Waals surface area contributed by atoms with Crippen molar-refractivity contribution >= 4 is 29.3 Å². The minimum Gasteiger partial charge on any atom is -0.461 e. The Morgan fingerprint density at radius 3 is 2.49 bits per heavy atom. The molecule has 5 rings (SSSR count). The Morgan fingerprint density at radius 2 is 1.77 bits per heavy atom. The van der Waals surface area contributed by atoms with Crippen LogP contribution in [0.5, 0.6) is 0 Å². The molecule has 2 fully saturated rings. The standard InChI is InChI=1S/C35H45N7O5/c1-22-28(20-38-35-39-21-31(42(45)46)32(41-35)37-19-25-15-13-24(18-36)14-16-25)9-6-12-30(22)26-7-5-8-27(17-26)33(43)40-23(2)34(44)47-29-10-3-4-11-29/h5-9,12,17,21,23-25,29H,3-4,10-11,13-16,18-20,36H2,1-2H3,(H,40,43)(H2,37,38,39,41)/t23-,24?,25?/m1/s1. The fraction of sp³-hybridized carbons (Fsp3) is 0.486. The van der Waals surface area contributed by atoms with Crippen LogP contribution in [0.2, 0.25) is 0 Å². The average molecular weight is 644 g/mol. The zero-order valence-electron chi connectivity index (χ0n) is 27.2. The second kappa shape index (κ2) is 15.8. The molecule has 3 aromatic rings. The molecule has 1 heterocycles. The summed E-state index contributed by atoms with van der Waals surface area (Å²) in [7, 11) is 0. The average Bonchev–Trinajstić information content (AvgIpc) is 3.60. The minimum absolute atomic E-state index is 0.0581. The molecule has 12 nitrogen and oxygen atoms in total. The van der Waals surface area contributed by atoms with E-state index in [0.29, 0.717) is 37.0 Å². The van der Waals surface area contributed by atoms with E-state index >= 15 is 0 Å². The predicted molar refractivity (Wildman–Crippen MR) is 181 cm³/mol. The lowest BCUT2D eigenvalue weighted by atomic mass is 9.82. The van der Waals surface area contributed by atoms with Gasteiger partial charge >= 0.3 is 11.7 Å². The predicted octanol–water partition coefficient (Wildman–Crippen LogP) is 5.75. The second-order valence-corrected chi connectivity index (χ2v) is 12.8. The number of anilines is 2. The lowest BCUT2D eigenvalue weighted by Gasteiger charge is -2.27. The van der Waals surface area contributed by atoms with Crippen molar-refractivity contribution in [2.75, 3.05) is 23.7 Å². The highest BCUT2D eigenvalue weighted by Gasteiger charge is 2.25. The Labute approximate surface area is 275 Å². The number of hydrogen-bond acceptors (Lipinski definition) is 10. The molecule has 5 N–H and O–H groups in total. The maximum absolute atomic E-state index is 13.1. The zero-order valence-corrected chi connectivity index (χ0v) is 27.2. The van der Waals surface area contributed by atoms with E-state index in [0.717, 1.165) is 73.6 Å². The summed E-state index contributed by atoms with van der Waals surface area (Å²) in [5.41, 5.74) is 9.89. The summed E-state index contributed by atoms with van der Waals surface area (Å²) in [5.74, 6) is 0.709. The van der Waals surface area contributed by atoms with E-state index < -0.39 is 16.9 Å². The van der Waals surface area contributed by atoms with Crippen LogP contribution in [0.1, 0.15) is 79.8 Å². The van der Waals surface area contributed by atoms with Crippen LogP contribution in [0.15, 0.2) is 48.7 Å². The molecule has 2 aliphatic carbocycles.